The number of nitrogens with zero attached hydrogens (tertiary/aromatic N) is 1. The summed E-state index contributed by atoms with van der Waals surface area (Å²) in [7, 11) is 1.51. The van der Waals surface area contributed by atoms with Gasteiger partial charge in [0.25, 0.3) is 0 Å². The molecule has 1 heterocycles. The molecule has 1 aromatic carbocycles. The number of H-pyrrole nitrogens is 2. The Labute approximate surface area is 107 Å². The highest BCUT2D eigenvalue weighted by Crippen LogP contribution is 2.28. The molecule has 7 heteroatoms. The van der Waals surface area contributed by atoms with E-state index in [9.17, 15) is 4.79 Å². The molecular weight excluding hydrogens is 262 g/mol. The van der Waals surface area contributed by atoms with E-state index in [4.69, 9.17) is 28.6 Å². The summed E-state index contributed by atoms with van der Waals surface area (Å²) in [6, 6.07) is 3.40. The van der Waals surface area contributed by atoms with Crippen LogP contribution in [0.4, 0.5) is 0 Å². The van der Waals surface area contributed by atoms with Crippen molar-refractivity contribution in [1.29, 1.82) is 0 Å². The third-order valence-electron chi connectivity index (χ3n) is 2.38. The van der Waals surface area contributed by atoms with Gasteiger partial charge in [-0.2, -0.15) is 0 Å². The van der Waals surface area contributed by atoms with Gasteiger partial charge < -0.3 is 4.74 Å². The largest absolute Gasteiger partial charge is 0.494 e. The fourth-order valence-electron chi connectivity index (χ4n) is 1.52. The van der Waals surface area contributed by atoms with Crippen molar-refractivity contribution in [3.8, 4) is 11.4 Å². The van der Waals surface area contributed by atoms with Crippen LogP contribution in [-0.2, 0) is 0 Å². The van der Waals surface area contributed by atoms with Gasteiger partial charge in [0, 0.05) is 11.1 Å². The molecule has 0 aliphatic heterocycles. The molecule has 5 nitrogen and oxygen atoms in total. The molecule has 0 aliphatic carbocycles. The van der Waals surface area contributed by atoms with E-state index in [-0.39, 0.29) is 10.5 Å². The van der Waals surface area contributed by atoms with E-state index >= 15 is 0 Å². The highest BCUT2D eigenvalue weighted by molar-refractivity contribution is 7.71. The summed E-state index contributed by atoms with van der Waals surface area (Å²) in [5.41, 5.74) is 1.04. The van der Waals surface area contributed by atoms with Crippen molar-refractivity contribution in [2.75, 3.05) is 7.11 Å². The lowest BCUT2D eigenvalue weighted by atomic mass is 10.2. The number of methoxy groups -OCH3 is 1. The van der Waals surface area contributed by atoms with Gasteiger partial charge in [0.05, 0.1) is 12.8 Å². The van der Waals surface area contributed by atoms with Crippen molar-refractivity contribution >= 4 is 23.8 Å². The monoisotopic (exact) mass is 271 g/mol. The third kappa shape index (κ3) is 2.01. The van der Waals surface area contributed by atoms with E-state index in [1.165, 1.54) is 11.7 Å². The zero-order chi connectivity index (χ0) is 12.6. The number of benzene rings is 1. The average molecular weight is 272 g/mol. The Bertz CT molecular complexity index is 643. The van der Waals surface area contributed by atoms with Crippen LogP contribution >= 0.6 is 23.8 Å². The molecule has 0 aliphatic rings. The third-order valence-corrected chi connectivity index (χ3v) is 3.08. The molecule has 2 aromatic rings. The van der Waals surface area contributed by atoms with Gasteiger partial charge >= 0.3 is 5.69 Å². The quantitative estimate of drug-likeness (QED) is 0.823. The minimum absolute atomic E-state index is 0.273. The molecule has 1 aromatic heterocycles. The van der Waals surface area contributed by atoms with Gasteiger partial charge in [0.15, 0.2) is 0 Å². The van der Waals surface area contributed by atoms with Crippen LogP contribution in [0.25, 0.3) is 5.69 Å². The zero-order valence-electron chi connectivity index (χ0n) is 9.20. The number of aromatic amines is 2. The summed E-state index contributed by atoms with van der Waals surface area (Å²) >= 11 is 11.0. The maximum Gasteiger partial charge on any atom is 0.347 e. The van der Waals surface area contributed by atoms with Crippen LogP contribution in [-0.4, -0.2) is 21.9 Å². The van der Waals surface area contributed by atoms with Crippen LogP contribution in [0.15, 0.2) is 16.9 Å². The summed E-state index contributed by atoms with van der Waals surface area (Å²) in [6.45, 7) is 1.84. The molecule has 0 fully saturated rings. The first-order chi connectivity index (χ1) is 8.04. The average Bonchev–Trinajstić information content (AvgIpc) is 2.62. The maximum absolute atomic E-state index is 11.6. The first-order valence-electron chi connectivity index (χ1n) is 4.79. The molecule has 2 rings (SSSR count). The van der Waals surface area contributed by atoms with E-state index in [1.54, 1.807) is 12.1 Å². The number of hydrogen-bond acceptors (Lipinski definition) is 3. The zero-order valence-corrected chi connectivity index (χ0v) is 10.8. The minimum atomic E-state index is -0.352. The second-order valence-electron chi connectivity index (χ2n) is 3.47. The Morgan fingerprint density at radius 2 is 2.12 bits per heavy atom. The van der Waals surface area contributed by atoms with Gasteiger partial charge in [-0.25, -0.2) is 14.5 Å². The molecule has 0 atom stereocenters. The van der Waals surface area contributed by atoms with E-state index < -0.39 is 0 Å². The number of ether oxygens (including phenoxy) is 1. The highest BCUT2D eigenvalue weighted by Gasteiger charge is 2.12. The van der Waals surface area contributed by atoms with E-state index in [2.05, 4.69) is 10.2 Å². The van der Waals surface area contributed by atoms with Crippen LogP contribution in [0.5, 0.6) is 5.75 Å². The van der Waals surface area contributed by atoms with Gasteiger partial charge in [-0.1, -0.05) is 11.6 Å². The molecule has 17 heavy (non-hydrogen) atoms. The van der Waals surface area contributed by atoms with Gasteiger partial charge in [0.2, 0.25) is 4.77 Å². The van der Waals surface area contributed by atoms with Crippen molar-refractivity contribution in [2.24, 2.45) is 0 Å². The predicted octanol–water partition coefficient (Wildman–Crippen LogP) is 2.19. The second-order valence-corrected chi connectivity index (χ2v) is 4.26. The lowest BCUT2D eigenvalue weighted by Crippen LogP contribution is -2.15. The lowest BCUT2D eigenvalue weighted by Gasteiger charge is -2.10. The van der Waals surface area contributed by atoms with Crippen molar-refractivity contribution in [3.05, 3.63) is 38.0 Å². The Morgan fingerprint density at radius 1 is 1.41 bits per heavy atom. The molecular formula is C10H10ClN3O2S. The first kappa shape index (κ1) is 11.9. The molecule has 0 unspecified atom stereocenters. The second kappa shape index (κ2) is 4.38. The lowest BCUT2D eigenvalue weighted by molar-refractivity contribution is 0.412. The van der Waals surface area contributed by atoms with E-state index in [1.807, 2.05) is 6.92 Å². The number of rotatable bonds is 2. The summed E-state index contributed by atoms with van der Waals surface area (Å²) in [6.07, 6.45) is 0. The van der Waals surface area contributed by atoms with Crippen molar-refractivity contribution in [3.63, 3.8) is 0 Å². The smallest absolute Gasteiger partial charge is 0.347 e. The van der Waals surface area contributed by atoms with E-state index in [0.717, 1.165) is 5.56 Å². The molecule has 0 radical (unpaired) electrons. The van der Waals surface area contributed by atoms with Gasteiger partial charge in [-0.05, 0) is 30.8 Å². The number of nitrogens with one attached hydrogen (secondary N) is 2. The van der Waals surface area contributed by atoms with Crippen LogP contribution in [0, 0.1) is 11.7 Å². The molecule has 0 amide bonds. The fraction of sp³-hybridized carbons (Fsp3) is 0.200. The summed E-state index contributed by atoms with van der Waals surface area (Å²) in [5, 5.41) is 5.56. The Kier molecular flexibility index (Phi) is 3.08. The molecule has 0 spiro atoms. The number of hydrogen-bond donors (Lipinski definition) is 2. The number of aromatic nitrogens is 3. The topological polar surface area (TPSA) is 62.8 Å². The van der Waals surface area contributed by atoms with Crippen LogP contribution in [0.1, 0.15) is 5.56 Å². The van der Waals surface area contributed by atoms with Crippen molar-refractivity contribution in [1.82, 2.24) is 14.8 Å². The number of halogens is 1. The van der Waals surface area contributed by atoms with Crippen LogP contribution in [0.3, 0.4) is 0 Å². The highest BCUT2D eigenvalue weighted by atomic mass is 35.5. The van der Waals surface area contributed by atoms with Crippen molar-refractivity contribution < 1.29 is 4.74 Å². The maximum atomic E-state index is 11.6. The van der Waals surface area contributed by atoms with Gasteiger partial charge in [-0.15, -0.1) is 0 Å². The molecule has 90 valence electrons. The molecule has 0 saturated carbocycles. The molecule has 2 N–H and O–H groups in total. The predicted molar refractivity (Wildman–Crippen MR) is 67.9 cm³/mol. The summed E-state index contributed by atoms with van der Waals surface area (Å²) < 4.78 is 6.79. The Hall–Kier alpha value is -1.53. The fourth-order valence-corrected chi connectivity index (χ4v) is 1.90. The van der Waals surface area contributed by atoms with Gasteiger partial charge in [0.1, 0.15) is 5.75 Å². The number of aryl methyl sites for hydroxylation is 1. The first-order valence-corrected chi connectivity index (χ1v) is 5.57. The molecule has 0 bridgehead atoms. The van der Waals surface area contributed by atoms with Crippen molar-refractivity contribution in [2.45, 2.75) is 6.92 Å². The Balaban J connectivity index is 2.80. The minimum Gasteiger partial charge on any atom is -0.494 e. The molecule has 0 saturated heterocycles. The van der Waals surface area contributed by atoms with Crippen LogP contribution in [0.2, 0.25) is 5.02 Å². The SMILES string of the molecule is COc1cc(Cl)c(C)cc1-n1c(=O)[nH][nH]c1=S. The van der Waals surface area contributed by atoms with Gasteiger partial charge in [-0.3, -0.25) is 5.10 Å². The standard InChI is InChI=1S/C10H10ClN3O2S/c1-5-3-7(8(16-2)4-6(5)11)14-9(15)12-13-10(14)17/h3-4H,1-2H3,(H,12,15)(H,13,17). The van der Waals surface area contributed by atoms with Crippen LogP contribution < -0.4 is 10.4 Å². The summed E-state index contributed by atoms with van der Waals surface area (Å²) in [4.78, 5) is 11.6. The summed E-state index contributed by atoms with van der Waals surface area (Å²) in [5.74, 6) is 0.488. The Morgan fingerprint density at radius 3 is 2.65 bits per heavy atom. The normalized spacial score (nSPS) is 10.5. The van der Waals surface area contributed by atoms with E-state index in [0.29, 0.717) is 16.5 Å².